The molecule has 0 fully saturated rings. The molecule has 3 rings (SSSR count). The van der Waals surface area contributed by atoms with Crippen LogP contribution >= 0.6 is 12.4 Å². The number of nitrogens with zero attached hydrogens (tertiary/aromatic N) is 1. The Hall–Kier alpha value is -1.55. The van der Waals surface area contributed by atoms with Gasteiger partial charge < -0.3 is 14.7 Å². The van der Waals surface area contributed by atoms with Crippen molar-refractivity contribution in [2.75, 3.05) is 27.7 Å². The lowest BCUT2D eigenvalue weighted by atomic mass is 9.68. The number of methoxy groups -OCH3 is 1. The molecule has 0 bridgehead atoms. The van der Waals surface area contributed by atoms with Crippen LogP contribution in [0.4, 0.5) is 0 Å². The topological polar surface area (TPSA) is 32.7 Å². The van der Waals surface area contributed by atoms with Crippen LogP contribution in [0.3, 0.4) is 0 Å². The Morgan fingerprint density at radius 2 is 1.92 bits per heavy atom. The molecule has 1 N–H and O–H groups in total. The standard InChI is InChI=1S/C20H25NO2.ClH/c1-21(2)14-17-12-11-15-7-4-5-10-19(15)20(17,22)16-8-6-9-18(13-16)23-3;/h4-10,13,17,22H,11-12,14H2,1-3H3;1H. The van der Waals surface area contributed by atoms with Crippen LogP contribution in [0.15, 0.2) is 48.5 Å². The predicted octanol–water partition coefficient (Wildman–Crippen LogP) is 3.48. The molecule has 1 aliphatic rings. The lowest BCUT2D eigenvalue weighted by molar-refractivity contribution is -0.00651. The van der Waals surface area contributed by atoms with E-state index in [1.54, 1.807) is 7.11 Å². The molecule has 130 valence electrons. The van der Waals surface area contributed by atoms with Gasteiger partial charge in [-0.2, -0.15) is 0 Å². The molecule has 0 saturated carbocycles. The van der Waals surface area contributed by atoms with Gasteiger partial charge in [0.05, 0.1) is 7.11 Å². The average molecular weight is 348 g/mol. The van der Waals surface area contributed by atoms with E-state index in [0.29, 0.717) is 0 Å². The first-order valence-electron chi connectivity index (χ1n) is 8.15. The average Bonchev–Trinajstić information content (AvgIpc) is 2.57. The predicted molar refractivity (Wildman–Crippen MR) is 100 cm³/mol. The number of rotatable bonds is 4. The molecule has 1 aliphatic carbocycles. The van der Waals surface area contributed by atoms with Crippen molar-refractivity contribution in [3.63, 3.8) is 0 Å². The first kappa shape index (κ1) is 18.8. The van der Waals surface area contributed by atoms with Gasteiger partial charge in [-0.05, 0) is 55.8 Å². The smallest absolute Gasteiger partial charge is 0.119 e. The summed E-state index contributed by atoms with van der Waals surface area (Å²) in [6, 6.07) is 16.1. The van der Waals surface area contributed by atoms with Crippen molar-refractivity contribution in [1.82, 2.24) is 4.90 Å². The zero-order valence-electron chi connectivity index (χ0n) is 14.5. The fourth-order valence-corrected chi connectivity index (χ4v) is 3.78. The molecule has 0 aromatic heterocycles. The fraction of sp³-hybridized carbons (Fsp3) is 0.400. The molecule has 0 aliphatic heterocycles. The van der Waals surface area contributed by atoms with Crippen LogP contribution in [0.1, 0.15) is 23.1 Å². The van der Waals surface area contributed by atoms with Crippen LogP contribution in [-0.2, 0) is 12.0 Å². The summed E-state index contributed by atoms with van der Waals surface area (Å²) in [5.41, 5.74) is 2.21. The minimum atomic E-state index is -0.979. The third-order valence-corrected chi connectivity index (χ3v) is 4.88. The monoisotopic (exact) mass is 347 g/mol. The SMILES string of the molecule is COc1cccc(C2(O)c3ccccc3CCC2CN(C)C)c1.Cl. The summed E-state index contributed by atoms with van der Waals surface area (Å²) in [4.78, 5) is 2.16. The van der Waals surface area contributed by atoms with Gasteiger partial charge in [0.25, 0.3) is 0 Å². The van der Waals surface area contributed by atoms with E-state index < -0.39 is 5.60 Å². The third-order valence-electron chi connectivity index (χ3n) is 4.88. The summed E-state index contributed by atoms with van der Waals surface area (Å²) in [5, 5.41) is 11.8. The maximum atomic E-state index is 11.8. The van der Waals surface area contributed by atoms with Gasteiger partial charge in [0, 0.05) is 12.5 Å². The summed E-state index contributed by atoms with van der Waals surface area (Å²) in [7, 11) is 5.79. The molecule has 0 heterocycles. The summed E-state index contributed by atoms with van der Waals surface area (Å²) < 4.78 is 5.37. The largest absolute Gasteiger partial charge is 0.497 e. The second kappa shape index (κ2) is 7.56. The van der Waals surface area contributed by atoms with Crippen LogP contribution in [0.5, 0.6) is 5.75 Å². The van der Waals surface area contributed by atoms with Gasteiger partial charge in [-0.25, -0.2) is 0 Å². The van der Waals surface area contributed by atoms with Crippen molar-refractivity contribution in [2.24, 2.45) is 5.92 Å². The van der Waals surface area contributed by atoms with Gasteiger partial charge in [-0.1, -0.05) is 36.4 Å². The first-order valence-corrected chi connectivity index (χ1v) is 8.15. The van der Waals surface area contributed by atoms with E-state index in [1.807, 2.05) is 30.3 Å². The van der Waals surface area contributed by atoms with Crippen LogP contribution < -0.4 is 4.74 Å². The van der Waals surface area contributed by atoms with Gasteiger partial charge >= 0.3 is 0 Å². The number of ether oxygens (including phenoxy) is 1. The Bertz CT molecular complexity index is 689. The Balaban J connectivity index is 0.00000208. The van der Waals surface area contributed by atoms with Crippen LogP contribution in [0.25, 0.3) is 0 Å². The molecule has 0 spiro atoms. The number of aliphatic hydroxyl groups is 1. The molecular weight excluding hydrogens is 322 g/mol. The second-order valence-corrected chi connectivity index (χ2v) is 6.65. The van der Waals surface area contributed by atoms with Crippen LogP contribution in [-0.4, -0.2) is 37.8 Å². The maximum absolute atomic E-state index is 11.8. The molecular formula is C20H26ClNO2. The summed E-state index contributed by atoms with van der Waals surface area (Å²) in [5.74, 6) is 0.932. The van der Waals surface area contributed by atoms with E-state index in [0.717, 1.165) is 36.3 Å². The van der Waals surface area contributed by atoms with Crippen molar-refractivity contribution >= 4 is 12.4 Å². The summed E-state index contributed by atoms with van der Waals surface area (Å²) in [6.07, 6.45) is 1.99. The number of halogens is 1. The van der Waals surface area contributed by atoms with Gasteiger partial charge in [0.1, 0.15) is 11.4 Å². The number of benzene rings is 2. The number of aryl methyl sites for hydroxylation is 1. The van der Waals surface area contributed by atoms with E-state index in [-0.39, 0.29) is 18.3 Å². The van der Waals surface area contributed by atoms with Crippen molar-refractivity contribution in [3.05, 3.63) is 65.2 Å². The number of hydrogen-bond donors (Lipinski definition) is 1. The van der Waals surface area contributed by atoms with E-state index in [4.69, 9.17) is 4.74 Å². The van der Waals surface area contributed by atoms with Crippen molar-refractivity contribution < 1.29 is 9.84 Å². The summed E-state index contributed by atoms with van der Waals surface area (Å²) >= 11 is 0. The highest BCUT2D eigenvalue weighted by Crippen LogP contribution is 2.45. The molecule has 2 atom stereocenters. The molecule has 2 aromatic carbocycles. The molecule has 3 nitrogen and oxygen atoms in total. The van der Waals surface area contributed by atoms with Crippen molar-refractivity contribution in [2.45, 2.75) is 18.4 Å². The zero-order valence-corrected chi connectivity index (χ0v) is 15.3. The Labute approximate surface area is 150 Å². The highest BCUT2D eigenvalue weighted by molar-refractivity contribution is 5.85. The molecule has 0 saturated heterocycles. The van der Waals surface area contributed by atoms with Gasteiger partial charge in [0.15, 0.2) is 0 Å². The minimum Gasteiger partial charge on any atom is -0.497 e. The molecule has 2 unspecified atom stereocenters. The van der Waals surface area contributed by atoms with Crippen molar-refractivity contribution in [3.8, 4) is 5.75 Å². The third kappa shape index (κ3) is 3.30. The summed E-state index contributed by atoms with van der Waals surface area (Å²) in [6.45, 7) is 0.849. The molecule has 0 radical (unpaired) electrons. The van der Waals surface area contributed by atoms with Gasteiger partial charge in [0.2, 0.25) is 0 Å². The van der Waals surface area contributed by atoms with E-state index in [1.165, 1.54) is 5.56 Å². The Kier molecular flexibility index (Phi) is 5.92. The maximum Gasteiger partial charge on any atom is 0.119 e. The molecule has 2 aromatic rings. The normalized spacial score (nSPS) is 22.6. The molecule has 0 amide bonds. The zero-order chi connectivity index (χ0) is 16.4. The number of hydrogen-bond acceptors (Lipinski definition) is 3. The first-order chi connectivity index (χ1) is 11.1. The van der Waals surface area contributed by atoms with Gasteiger partial charge in [-0.3, -0.25) is 0 Å². The Morgan fingerprint density at radius 1 is 1.17 bits per heavy atom. The van der Waals surface area contributed by atoms with Gasteiger partial charge in [-0.15, -0.1) is 12.4 Å². The van der Waals surface area contributed by atoms with E-state index in [2.05, 4.69) is 37.2 Å². The number of fused-ring (bicyclic) bond motifs is 1. The highest BCUT2D eigenvalue weighted by Gasteiger charge is 2.44. The van der Waals surface area contributed by atoms with E-state index in [9.17, 15) is 5.11 Å². The van der Waals surface area contributed by atoms with Crippen molar-refractivity contribution in [1.29, 1.82) is 0 Å². The van der Waals surface area contributed by atoms with Crippen LogP contribution in [0.2, 0.25) is 0 Å². The second-order valence-electron chi connectivity index (χ2n) is 6.65. The Morgan fingerprint density at radius 3 is 2.62 bits per heavy atom. The quantitative estimate of drug-likeness (QED) is 0.919. The van der Waals surface area contributed by atoms with Crippen LogP contribution in [0, 0.1) is 5.92 Å². The highest BCUT2D eigenvalue weighted by atomic mass is 35.5. The molecule has 4 heteroatoms. The lowest BCUT2D eigenvalue weighted by Gasteiger charge is -2.43. The minimum absolute atomic E-state index is 0. The fourth-order valence-electron chi connectivity index (χ4n) is 3.78. The molecule has 24 heavy (non-hydrogen) atoms. The van der Waals surface area contributed by atoms with E-state index >= 15 is 0 Å². The lowest BCUT2D eigenvalue weighted by Crippen LogP contribution is -2.45.